The van der Waals surface area contributed by atoms with Gasteiger partial charge in [0.05, 0.1) is 0 Å². The largest absolute Gasteiger partial charge is 0.366 e. The van der Waals surface area contributed by atoms with E-state index in [-0.39, 0.29) is 11.3 Å². The Morgan fingerprint density at radius 1 is 1.00 bits per heavy atom. The standard InChI is InChI=1S/C23H25NO/c1-13-9-14-11-15(23(2,3)4)12-21(20(14)10-13)18-7-8-19(22(24)25)17-6-5-16(17)18/h7-9,11-12H,5-6,10H2,1-4H3,(H2,24,25). The second-order valence-corrected chi connectivity index (χ2v) is 8.49. The first-order valence-electron chi connectivity index (χ1n) is 9.05. The minimum absolute atomic E-state index is 0.106. The molecule has 0 saturated carbocycles. The fraction of sp³-hybridized carbons (Fsp3) is 0.348. The average molecular weight is 331 g/mol. The Morgan fingerprint density at radius 3 is 2.32 bits per heavy atom. The van der Waals surface area contributed by atoms with Gasteiger partial charge in [-0.3, -0.25) is 4.79 Å². The normalized spacial score (nSPS) is 15.3. The van der Waals surface area contributed by atoms with E-state index in [1.54, 1.807) is 0 Å². The molecule has 0 aromatic heterocycles. The van der Waals surface area contributed by atoms with Crippen LogP contribution in [0.5, 0.6) is 0 Å². The van der Waals surface area contributed by atoms with Gasteiger partial charge in [0.1, 0.15) is 0 Å². The van der Waals surface area contributed by atoms with E-state index in [9.17, 15) is 4.79 Å². The Kier molecular flexibility index (Phi) is 3.44. The fourth-order valence-electron chi connectivity index (χ4n) is 4.11. The minimum Gasteiger partial charge on any atom is -0.366 e. The molecule has 0 aliphatic heterocycles. The summed E-state index contributed by atoms with van der Waals surface area (Å²) < 4.78 is 0. The van der Waals surface area contributed by atoms with E-state index in [2.05, 4.69) is 52.0 Å². The van der Waals surface area contributed by atoms with E-state index in [0.717, 1.165) is 24.8 Å². The van der Waals surface area contributed by atoms with Gasteiger partial charge in [0.2, 0.25) is 5.91 Å². The van der Waals surface area contributed by atoms with E-state index in [1.807, 2.05) is 6.07 Å². The summed E-state index contributed by atoms with van der Waals surface area (Å²) in [6, 6.07) is 8.73. The van der Waals surface area contributed by atoms with E-state index in [0.29, 0.717) is 5.56 Å². The number of amides is 1. The third-order valence-electron chi connectivity index (χ3n) is 5.62. The molecule has 2 aromatic carbocycles. The van der Waals surface area contributed by atoms with Crippen LogP contribution in [-0.2, 0) is 24.7 Å². The topological polar surface area (TPSA) is 43.1 Å². The Balaban J connectivity index is 1.95. The first kappa shape index (κ1) is 16.1. The number of carbonyl (C=O) groups is 1. The summed E-state index contributed by atoms with van der Waals surface area (Å²) in [5, 5.41) is 0. The molecule has 0 saturated heterocycles. The van der Waals surface area contributed by atoms with Gasteiger partial charge in [0.15, 0.2) is 0 Å². The summed E-state index contributed by atoms with van der Waals surface area (Å²) >= 11 is 0. The molecular weight excluding hydrogens is 306 g/mol. The summed E-state index contributed by atoms with van der Waals surface area (Å²) in [4.78, 5) is 11.7. The van der Waals surface area contributed by atoms with Crippen LogP contribution in [-0.4, -0.2) is 5.91 Å². The van der Waals surface area contributed by atoms with Gasteiger partial charge < -0.3 is 5.73 Å². The minimum atomic E-state index is -0.311. The monoisotopic (exact) mass is 331 g/mol. The van der Waals surface area contributed by atoms with Crippen LogP contribution in [0.3, 0.4) is 0 Å². The zero-order chi connectivity index (χ0) is 17.9. The maximum atomic E-state index is 11.7. The molecule has 4 rings (SSSR count). The predicted octanol–water partition coefficient (Wildman–Crippen LogP) is 4.81. The molecule has 0 spiro atoms. The van der Waals surface area contributed by atoms with Crippen LogP contribution < -0.4 is 5.73 Å². The average Bonchev–Trinajstić information content (AvgIpc) is 2.85. The van der Waals surface area contributed by atoms with Crippen molar-refractivity contribution in [2.24, 2.45) is 5.73 Å². The van der Waals surface area contributed by atoms with Crippen LogP contribution in [0.1, 0.15) is 65.9 Å². The molecule has 0 unspecified atom stereocenters. The van der Waals surface area contributed by atoms with Crippen molar-refractivity contribution in [2.45, 2.75) is 52.4 Å². The lowest BCUT2D eigenvalue weighted by Gasteiger charge is -2.28. The number of benzene rings is 2. The third kappa shape index (κ3) is 2.52. The van der Waals surface area contributed by atoms with Crippen molar-refractivity contribution in [3.05, 3.63) is 63.2 Å². The van der Waals surface area contributed by atoms with Crippen molar-refractivity contribution in [1.82, 2.24) is 0 Å². The van der Waals surface area contributed by atoms with Gasteiger partial charge >= 0.3 is 0 Å². The van der Waals surface area contributed by atoms with Crippen molar-refractivity contribution < 1.29 is 4.79 Å². The van der Waals surface area contributed by atoms with Crippen LogP contribution >= 0.6 is 0 Å². The molecule has 2 heteroatoms. The van der Waals surface area contributed by atoms with E-state index < -0.39 is 0 Å². The number of carbonyl (C=O) groups excluding carboxylic acids is 1. The summed E-state index contributed by atoms with van der Waals surface area (Å²) in [5.41, 5.74) is 17.0. The maximum absolute atomic E-state index is 11.7. The summed E-state index contributed by atoms with van der Waals surface area (Å²) in [7, 11) is 0. The van der Waals surface area contributed by atoms with Crippen LogP contribution in [0.2, 0.25) is 0 Å². The second-order valence-electron chi connectivity index (χ2n) is 8.49. The molecule has 0 radical (unpaired) electrons. The summed E-state index contributed by atoms with van der Waals surface area (Å²) in [6.45, 7) is 8.99. The first-order valence-corrected chi connectivity index (χ1v) is 9.05. The molecule has 2 nitrogen and oxygen atoms in total. The lowest BCUT2D eigenvalue weighted by atomic mass is 9.76. The molecule has 2 aromatic rings. The van der Waals surface area contributed by atoms with Crippen LogP contribution in [0, 0.1) is 0 Å². The van der Waals surface area contributed by atoms with Crippen molar-refractivity contribution in [2.75, 3.05) is 0 Å². The smallest absolute Gasteiger partial charge is 0.248 e. The van der Waals surface area contributed by atoms with Crippen LogP contribution in [0.4, 0.5) is 0 Å². The Bertz CT molecular complexity index is 942. The quantitative estimate of drug-likeness (QED) is 0.843. The van der Waals surface area contributed by atoms with Crippen LogP contribution in [0.25, 0.3) is 17.2 Å². The highest BCUT2D eigenvalue weighted by molar-refractivity contribution is 5.97. The van der Waals surface area contributed by atoms with Crippen molar-refractivity contribution >= 4 is 12.0 Å². The number of fused-ring (bicyclic) bond motifs is 2. The molecule has 2 aliphatic rings. The molecule has 0 atom stereocenters. The molecular formula is C23H25NO. The highest BCUT2D eigenvalue weighted by Crippen LogP contribution is 2.42. The lowest BCUT2D eigenvalue weighted by molar-refractivity contribution is 0.0999. The highest BCUT2D eigenvalue weighted by Gasteiger charge is 2.27. The molecule has 1 amide bonds. The zero-order valence-corrected chi connectivity index (χ0v) is 15.5. The van der Waals surface area contributed by atoms with Gasteiger partial charge in [-0.25, -0.2) is 0 Å². The van der Waals surface area contributed by atoms with Gasteiger partial charge in [-0.15, -0.1) is 0 Å². The predicted molar refractivity (Wildman–Crippen MR) is 104 cm³/mol. The SMILES string of the molecule is CC1=Cc2cc(C(C)(C)C)cc(-c3ccc(C(N)=O)c4c3CC4)c2C1. The Labute approximate surface area is 149 Å². The fourth-order valence-corrected chi connectivity index (χ4v) is 4.11. The number of nitrogens with two attached hydrogens (primary N) is 1. The molecule has 2 aliphatic carbocycles. The molecule has 0 bridgehead atoms. The summed E-state index contributed by atoms with van der Waals surface area (Å²) in [6.07, 6.45) is 5.33. The van der Waals surface area contributed by atoms with Gasteiger partial charge in [0, 0.05) is 5.56 Å². The molecule has 128 valence electrons. The number of hydrogen-bond donors (Lipinski definition) is 1. The van der Waals surface area contributed by atoms with E-state index >= 15 is 0 Å². The number of allylic oxidation sites excluding steroid dienone is 1. The van der Waals surface area contributed by atoms with Crippen molar-refractivity contribution in [1.29, 1.82) is 0 Å². The third-order valence-corrected chi connectivity index (χ3v) is 5.62. The van der Waals surface area contributed by atoms with E-state index in [1.165, 1.54) is 39.0 Å². The number of hydrogen-bond acceptors (Lipinski definition) is 1. The number of primary amides is 1. The first-order chi connectivity index (χ1) is 11.8. The summed E-state index contributed by atoms with van der Waals surface area (Å²) in [5.74, 6) is -0.311. The van der Waals surface area contributed by atoms with Gasteiger partial charge in [0.25, 0.3) is 0 Å². The van der Waals surface area contributed by atoms with Gasteiger partial charge in [-0.1, -0.05) is 50.6 Å². The van der Waals surface area contributed by atoms with Gasteiger partial charge in [-0.05, 0) is 76.6 Å². The van der Waals surface area contributed by atoms with Crippen LogP contribution in [0.15, 0.2) is 29.8 Å². The molecule has 2 N–H and O–H groups in total. The molecule has 0 heterocycles. The van der Waals surface area contributed by atoms with Crippen molar-refractivity contribution in [3.8, 4) is 11.1 Å². The molecule has 25 heavy (non-hydrogen) atoms. The van der Waals surface area contributed by atoms with Crippen molar-refractivity contribution in [3.63, 3.8) is 0 Å². The van der Waals surface area contributed by atoms with Gasteiger partial charge in [-0.2, -0.15) is 0 Å². The maximum Gasteiger partial charge on any atom is 0.248 e. The Hall–Kier alpha value is -2.35. The zero-order valence-electron chi connectivity index (χ0n) is 15.5. The van der Waals surface area contributed by atoms with E-state index in [4.69, 9.17) is 5.73 Å². The molecule has 0 fully saturated rings. The number of rotatable bonds is 2. The Morgan fingerprint density at radius 2 is 1.72 bits per heavy atom. The highest BCUT2D eigenvalue weighted by atomic mass is 16.1. The second kappa shape index (κ2) is 5.32. The lowest BCUT2D eigenvalue weighted by Crippen LogP contribution is -2.21.